The van der Waals surface area contributed by atoms with Gasteiger partial charge in [0.25, 0.3) is 0 Å². The first-order chi connectivity index (χ1) is 6.22. The Morgan fingerprint density at radius 1 is 0.923 bits per heavy atom. The summed E-state index contributed by atoms with van der Waals surface area (Å²) in [6.45, 7) is 5.00. The fraction of sp³-hybridized carbons (Fsp3) is 1.00. The molecule has 4 saturated carbocycles. The van der Waals surface area contributed by atoms with E-state index in [1.54, 1.807) is 32.1 Å². The molecule has 0 spiro atoms. The Labute approximate surface area is 82.1 Å². The first-order valence-corrected chi connectivity index (χ1v) is 6.22. The fourth-order valence-electron chi connectivity index (χ4n) is 4.84. The van der Waals surface area contributed by atoms with Gasteiger partial charge in [-0.1, -0.05) is 20.3 Å². The molecule has 4 aliphatic carbocycles. The van der Waals surface area contributed by atoms with Gasteiger partial charge in [-0.15, -0.1) is 0 Å². The maximum Gasteiger partial charge on any atom is -0.0271 e. The van der Waals surface area contributed by atoms with Crippen LogP contribution in [0.25, 0.3) is 0 Å². The van der Waals surface area contributed by atoms with E-state index in [9.17, 15) is 0 Å². The number of rotatable bonds is 1. The van der Waals surface area contributed by atoms with Crippen LogP contribution in [0.1, 0.15) is 52.4 Å². The molecule has 74 valence electrons. The minimum Gasteiger partial charge on any atom is -0.0648 e. The molecule has 0 N–H and O–H groups in total. The highest BCUT2D eigenvalue weighted by Crippen LogP contribution is 2.63. The molecule has 0 amide bonds. The third-order valence-corrected chi connectivity index (χ3v) is 5.77. The van der Waals surface area contributed by atoms with Crippen LogP contribution in [-0.4, -0.2) is 0 Å². The molecule has 0 aromatic rings. The molecule has 0 aromatic heterocycles. The van der Waals surface area contributed by atoms with Gasteiger partial charge in [0.05, 0.1) is 0 Å². The molecular formula is C13H22. The highest BCUT2D eigenvalue weighted by molar-refractivity contribution is 5.03. The second-order valence-electron chi connectivity index (χ2n) is 6.16. The Hall–Kier alpha value is 0. The number of hydrogen-bond donors (Lipinski definition) is 0. The molecule has 0 aliphatic heterocycles. The summed E-state index contributed by atoms with van der Waals surface area (Å²) in [5, 5.41) is 0. The zero-order valence-corrected chi connectivity index (χ0v) is 9.05. The van der Waals surface area contributed by atoms with Crippen LogP contribution in [0.5, 0.6) is 0 Å². The second kappa shape index (κ2) is 2.52. The van der Waals surface area contributed by atoms with Crippen LogP contribution < -0.4 is 0 Å². The van der Waals surface area contributed by atoms with Crippen molar-refractivity contribution in [1.29, 1.82) is 0 Å². The van der Waals surface area contributed by atoms with E-state index in [-0.39, 0.29) is 0 Å². The molecule has 13 heavy (non-hydrogen) atoms. The van der Waals surface area contributed by atoms with Crippen LogP contribution in [0.4, 0.5) is 0 Å². The maximum atomic E-state index is 2.58. The lowest BCUT2D eigenvalue weighted by Crippen LogP contribution is -2.51. The molecule has 0 aromatic carbocycles. The predicted molar refractivity (Wildman–Crippen MR) is 55.4 cm³/mol. The van der Waals surface area contributed by atoms with E-state index in [2.05, 4.69) is 13.8 Å². The normalized spacial score (nSPS) is 58.6. The van der Waals surface area contributed by atoms with Crippen molar-refractivity contribution in [1.82, 2.24) is 0 Å². The lowest BCUT2D eigenvalue weighted by atomic mass is 9.45. The summed E-state index contributed by atoms with van der Waals surface area (Å²) in [6, 6.07) is 0. The fourth-order valence-corrected chi connectivity index (χ4v) is 4.84. The molecule has 0 heterocycles. The zero-order chi connectivity index (χ0) is 9.05. The van der Waals surface area contributed by atoms with Gasteiger partial charge in [-0.2, -0.15) is 0 Å². The molecule has 4 rings (SSSR count). The van der Waals surface area contributed by atoms with Gasteiger partial charge in [0.1, 0.15) is 0 Å². The molecule has 4 bridgehead atoms. The first kappa shape index (κ1) is 8.32. The van der Waals surface area contributed by atoms with E-state index in [0.29, 0.717) is 0 Å². The van der Waals surface area contributed by atoms with Crippen LogP contribution in [0.3, 0.4) is 0 Å². The average Bonchev–Trinajstić information content (AvgIpc) is 2.13. The summed E-state index contributed by atoms with van der Waals surface area (Å²) in [5.74, 6) is 4.49. The topological polar surface area (TPSA) is 0 Å². The van der Waals surface area contributed by atoms with E-state index in [4.69, 9.17) is 0 Å². The highest BCUT2D eigenvalue weighted by Gasteiger charge is 2.53. The van der Waals surface area contributed by atoms with Crippen molar-refractivity contribution in [3.05, 3.63) is 0 Å². The Morgan fingerprint density at radius 3 is 1.77 bits per heavy atom. The summed E-state index contributed by atoms with van der Waals surface area (Å²) in [7, 11) is 0. The van der Waals surface area contributed by atoms with E-state index in [1.807, 2.05) is 0 Å². The van der Waals surface area contributed by atoms with E-state index in [1.165, 1.54) is 6.42 Å². The Bertz CT molecular complexity index is 188. The van der Waals surface area contributed by atoms with Crippen LogP contribution in [-0.2, 0) is 0 Å². The summed E-state index contributed by atoms with van der Waals surface area (Å²) < 4.78 is 0. The third-order valence-electron chi connectivity index (χ3n) is 5.77. The smallest absolute Gasteiger partial charge is 0.0271 e. The van der Waals surface area contributed by atoms with Crippen molar-refractivity contribution in [2.45, 2.75) is 52.4 Å². The van der Waals surface area contributed by atoms with Gasteiger partial charge in [0.15, 0.2) is 0 Å². The molecule has 0 unspecified atom stereocenters. The minimum atomic E-state index is 0.743. The molecule has 0 saturated heterocycles. The van der Waals surface area contributed by atoms with Crippen LogP contribution >= 0.6 is 0 Å². The first-order valence-electron chi connectivity index (χ1n) is 6.22. The van der Waals surface area contributed by atoms with Crippen molar-refractivity contribution >= 4 is 0 Å². The quantitative estimate of drug-likeness (QED) is 0.572. The van der Waals surface area contributed by atoms with Crippen LogP contribution in [0, 0.1) is 29.1 Å². The summed E-state index contributed by atoms with van der Waals surface area (Å²) in [4.78, 5) is 0. The zero-order valence-electron chi connectivity index (χ0n) is 9.05. The molecule has 0 heteroatoms. The Balaban J connectivity index is 1.93. The largest absolute Gasteiger partial charge is 0.0648 e. The number of hydrogen-bond acceptors (Lipinski definition) is 0. The minimum absolute atomic E-state index is 0.743. The van der Waals surface area contributed by atoms with E-state index < -0.39 is 0 Å². The maximum absolute atomic E-state index is 2.58. The molecule has 0 radical (unpaired) electrons. The molecular weight excluding hydrogens is 156 g/mol. The SMILES string of the molecule is CCC1(C)C2CC3CC(C2)CC1C3. The monoisotopic (exact) mass is 178 g/mol. The van der Waals surface area contributed by atoms with Gasteiger partial charge in [-0.05, 0) is 61.2 Å². The average molecular weight is 178 g/mol. The molecule has 4 fully saturated rings. The second-order valence-corrected chi connectivity index (χ2v) is 6.16. The Morgan fingerprint density at radius 2 is 1.38 bits per heavy atom. The standard InChI is InChI=1S/C13H22/c1-3-13(2)11-5-9-4-10(7-11)8-12(13)6-9/h9-12H,3-8H2,1-2H3. The lowest BCUT2D eigenvalue weighted by molar-refractivity contribution is -0.1000. The van der Waals surface area contributed by atoms with Crippen molar-refractivity contribution < 1.29 is 0 Å². The molecule has 4 aliphatic rings. The van der Waals surface area contributed by atoms with Gasteiger partial charge in [0, 0.05) is 0 Å². The summed E-state index contributed by atoms with van der Waals surface area (Å²) in [5.41, 5.74) is 0.743. The Kier molecular flexibility index (Phi) is 1.61. The summed E-state index contributed by atoms with van der Waals surface area (Å²) >= 11 is 0. The van der Waals surface area contributed by atoms with Gasteiger partial charge in [0.2, 0.25) is 0 Å². The predicted octanol–water partition coefficient (Wildman–Crippen LogP) is 3.86. The van der Waals surface area contributed by atoms with E-state index in [0.717, 1.165) is 29.1 Å². The van der Waals surface area contributed by atoms with Gasteiger partial charge in [-0.3, -0.25) is 0 Å². The third kappa shape index (κ3) is 0.980. The van der Waals surface area contributed by atoms with E-state index >= 15 is 0 Å². The van der Waals surface area contributed by atoms with Gasteiger partial charge in [-0.25, -0.2) is 0 Å². The van der Waals surface area contributed by atoms with Crippen molar-refractivity contribution in [3.63, 3.8) is 0 Å². The van der Waals surface area contributed by atoms with Crippen molar-refractivity contribution in [3.8, 4) is 0 Å². The molecule has 0 nitrogen and oxygen atoms in total. The van der Waals surface area contributed by atoms with Crippen molar-refractivity contribution in [2.75, 3.05) is 0 Å². The lowest BCUT2D eigenvalue weighted by Gasteiger charge is -2.60. The summed E-state index contributed by atoms with van der Waals surface area (Å²) in [6.07, 6.45) is 9.35. The van der Waals surface area contributed by atoms with Gasteiger partial charge < -0.3 is 0 Å². The van der Waals surface area contributed by atoms with Crippen LogP contribution in [0.15, 0.2) is 0 Å². The highest BCUT2D eigenvalue weighted by atomic mass is 14.6. The van der Waals surface area contributed by atoms with Gasteiger partial charge >= 0.3 is 0 Å². The molecule has 0 atom stereocenters. The van der Waals surface area contributed by atoms with Crippen LogP contribution in [0.2, 0.25) is 0 Å². The van der Waals surface area contributed by atoms with Crippen molar-refractivity contribution in [2.24, 2.45) is 29.1 Å².